The molecule has 0 bridgehead atoms. The summed E-state index contributed by atoms with van der Waals surface area (Å²) in [4.78, 5) is 44.9. The molecule has 0 unspecified atom stereocenters. The molecule has 0 aliphatic heterocycles. The third-order valence-corrected chi connectivity index (χ3v) is 14.9. The van der Waals surface area contributed by atoms with Gasteiger partial charge in [-0.15, -0.1) is 0 Å². The first-order chi connectivity index (χ1) is 39.5. The summed E-state index contributed by atoms with van der Waals surface area (Å²) in [5, 5.41) is 0. The van der Waals surface area contributed by atoms with Gasteiger partial charge in [-0.25, -0.2) is 19.9 Å². The maximum absolute atomic E-state index is 13.2. The van der Waals surface area contributed by atoms with E-state index in [-0.39, 0.29) is 11.9 Å². The minimum atomic E-state index is -0.432. The van der Waals surface area contributed by atoms with Crippen LogP contribution in [0.3, 0.4) is 0 Å². The van der Waals surface area contributed by atoms with E-state index >= 15 is 0 Å². The lowest BCUT2D eigenvalue weighted by atomic mass is 9.79. The standard InChI is InChI=1S/C68H88N4O8/c1-3-5-7-9-11-19-43-75-59-35-27-53(28-36-59)57-49-69-65(70-50-57)55-31-39-61(40-32-55)77-45-21-13-15-23-47-79-67(73)63-25-17-18-26-64(63)68(74)80-48-24-16-14-22-46-78-62-41-33-56(34-42-62)66-71-51-58(52-72-66)54-29-37-60(38-30-54)76-44-20-12-10-8-6-4-2/h27-42,49-52,63-64H,3-26,43-48H2,1-2H3/t63-,64-/m1/s1. The number of esters is 2. The van der Waals surface area contributed by atoms with Crippen LogP contribution in [0.15, 0.2) is 122 Å². The van der Waals surface area contributed by atoms with Gasteiger partial charge in [-0.05, 0) is 161 Å². The van der Waals surface area contributed by atoms with E-state index in [1.807, 2.05) is 97.6 Å². The zero-order valence-corrected chi connectivity index (χ0v) is 48.0. The van der Waals surface area contributed by atoms with Gasteiger partial charge in [0, 0.05) is 47.0 Å². The molecule has 0 amide bonds. The molecule has 2 aromatic heterocycles. The van der Waals surface area contributed by atoms with Gasteiger partial charge in [-0.3, -0.25) is 9.59 Å². The zero-order chi connectivity index (χ0) is 55.7. The van der Waals surface area contributed by atoms with Crippen molar-refractivity contribution in [3.8, 4) is 68.0 Å². The highest BCUT2D eigenvalue weighted by Gasteiger charge is 2.37. The third kappa shape index (κ3) is 21.3. The van der Waals surface area contributed by atoms with Crippen molar-refractivity contribution in [3.63, 3.8) is 0 Å². The van der Waals surface area contributed by atoms with Crippen LogP contribution >= 0.6 is 0 Å². The summed E-state index contributed by atoms with van der Waals surface area (Å²) >= 11 is 0. The molecule has 1 aliphatic rings. The first-order valence-corrected chi connectivity index (χ1v) is 30.4. The van der Waals surface area contributed by atoms with E-state index in [1.165, 1.54) is 64.2 Å². The molecule has 0 saturated heterocycles. The number of aromatic nitrogens is 4. The average Bonchev–Trinajstić information content (AvgIpc) is 3.52. The van der Waals surface area contributed by atoms with E-state index in [1.54, 1.807) is 0 Å². The Morgan fingerprint density at radius 1 is 0.338 bits per heavy atom. The number of carbonyl (C=O) groups is 2. The Morgan fingerprint density at radius 2 is 0.600 bits per heavy atom. The van der Waals surface area contributed by atoms with Crippen LogP contribution in [0.2, 0.25) is 0 Å². The first kappa shape index (κ1) is 60.8. The lowest BCUT2D eigenvalue weighted by molar-refractivity contribution is -0.163. The number of hydrogen-bond acceptors (Lipinski definition) is 12. The smallest absolute Gasteiger partial charge is 0.309 e. The van der Waals surface area contributed by atoms with Gasteiger partial charge in [0.2, 0.25) is 0 Å². The second-order valence-electron chi connectivity index (χ2n) is 21.3. The number of carbonyl (C=O) groups excluding carboxylic acids is 2. The molecule has 428 valence electrons. The van der Waals surface area contributed by atoms with Crippen molar-refractivity contribution in [2.45, 2.75) is 168 Å². The Labute approximate surface area is 477 Å². The second kappa shape index (κ2) is 35.7. The number of nitrogens with zero attached hydrogens (tertiary/aromatic N) is 4. The van der Waals surface area contributed by atoms with Crippen molar-refractivity contribution in [1.82, 2.24) is 19.9 Å². The van der Waals surface area contributed by atoms with Crippen molar-refractivity contribution in [1.29, 1.82) is 0 Å². The van der Waals surface area contributed by atoms with E-state index in [2.05, 4.69) is 58.0 Å². The van der Waals surface area contributed by atoms with Gasteiger partial charge >= 0.3 is 11.9 Å². The second-order valence-corrected chi connectivity index (χ2v) is 21.3. The Bertz CT molecular complexity index is 2440. The van der Waals surface area contributed by atoms with Gasteiger partial charge in [0.15, 0.2) is 11.6 Å². The SMILES string of the molecule is CCCCCCCCOc1ccc(-c2cnc(-c3ccc(OCCCCCCOC(=O)[C@@H]4CCCC[C@H]4C(=O)OCCCCCCOc4ccc(-c5ncc(-c6ccc(OCCCCCCCC)cc6)cn5)cc4)cc3)nc2)cc1. The predicted octanol–water partition coefficient (Wildman–Crippen LogP) is 16.9. The molecule has 2 atom stereocenters. The van der Waals surface area contributed by atoms with Crippen molar-refractivity contribution >= 4 is 11.9 Å². The summed E-state index contributed by atoms with van der Waals surface area (Å²) in [6, 6.07) is 32.0. The predicted molar refractivity (Wildman–Crippen MR) is 319 cm³/mol. The van der Waals surface area contributed by atoms with E-state index in [4.69, 9.17) is 28.4 Å². The highest BCUT2D eigenvalue weighted by molar-refractivity contribution is 5.82. The van der Waals surface area contributed by atoms with Crippen LogP contribution in [0.25, 0.3) is 45.0 Å². The number of hydrogen-bond donors (Lipinski definition) is 0. The lowest BCUT2D eigenvalue weighted by Crippen LogP contribution is -2.35. The minimum Gasteiger partial charge on any atom is -0.494 e. The molecule has 2 heterocycles. The van der Waals surface area contributed by atoms with Gasteiger partial charge in [-0.1, -0.05) is 115 Å². The molecule has 1 fully saturated rings. The number of unbranched alkanes of at least 4 members (excludes halogenated alkanes) is 16. The fraction of sp³-hybridized carbons (Fsp3) is 0.500. The zero-order valence-electron chi connectivity index (χ0n) is 48.0. The third-order valence-electron chi connectivity index (χ3n) is 14.9. The summed E-state index contributed by atoms with van der Waals surface area (Å²) < 4.78 is 35.3. The molecular weight excluding hydrogens is 1000 g/mol. The van der Waals surface area contributed by atoms with Gasteiger partial charge < -0.3 is 28.4 Å². The quantitative estimate of drug-likeness (QED) is 0.0269. The van der Waals surface area contributed by atoms with Crippen LogP contribution in [0, 0.1) is 11.8 Å². The molecule has 7 rings (SSSR count). The summed E-state index contributed by atoms with van der Waals surface area (Å²) in [5.41, 5.74) is 5.87. The normalized spacial score (nSPS) is 14.1. The number of ether oxygens (including phenoxy) is 6. The summed E-state index contributed by atoms with van der Waals surface area (Å²) in [6.07, 6.45) is 32.7. The topological polar surface area (TPSA) is 141 Å². The Hall–Kier alpha value is -6.82. The largest absolute Gasteiger partial charge is 0.494 e. The number of rotatable bonds is 38. The molecule has 0 spiro atoms. The van der Waals surface area contributed by atoms with Gasteiger partial charge in [0.25, 0.3) is 0 Å². The van der Waals surface area contributed by atoms with Gasteiger partial charge in [0.05, 0.1) is 51.5 Å². The van der Waals surface area contributed by atoms with Crippen LogP contribution < -0.4 is 18.9 Å². The molecule has 12 nitrogen and oxygen atoms in total. The van der Waals surface area contributed by atoms with Gasteiger partial charge in [-0.2, -0.15) is 0 Å². The monoisotopic (exact) mass is 1090 g/mol. The molecule has 6 aromatic rings. The van der Waals surface area contributed by atoms with Crippen molar-refractivity contribution in [2.75, 3.05) is 39.6 Å². The van der Waals surface area contributed by atoms with Crippen molar-refractivity contribution in [2.24, 2.45) is 11.8 Å². The van der Waals surface area contributed by atoms with E-state index < -0.39 is 11.8 Å². The van der Waals surface area contributed by atoms with Crippen LogP contribution in [0.5, 0.6) is 23.0 Å². The van der Waals surface area contributed by atoms with Crippen LogP contribution in [0.4, 0.5) is 0 Å². The number of benzene rings is 4. The summed E-state index contributed by atoms with van der Waals surface area (Å²) in [5.74, 6) is 3.31. The highest BCUT2D eigenvalue weighted by atomic mass is 16.5. The highest BCUT2D eigenvalue weighted by Crippen LogP contribution is 2.33. The van der Waals surface area contributed by atoms with Crippen molar-refractivity contribution < 1.29 is 38.0 Å². The Kier molecular flexibility index (Phi) is 27.2. The molecule has 0 radical (unpaired) electrons. The van der Waals surface area contributed by atoms with Crippen LogP contribution in [-0.4, -0.2) is 71.5 Å². The van der Waals surface area contributed by atoms with Crippen LogP contribution in [-0.2, 0) is 19.1 Å². The molecule has 1 aliphatic carbocycles. The first-order valence-electron chi connectivity index (χ1n) is 30.4. The summed E-state index contributed by atoms with van der Waals surface area (Å²) in [7, 11) is 0. The maximum atomic E-state index is 13.2. The average molecular weight is 1090 g/mol. The molecule has 12 heteroatoms. The molecule has 0 N–H and O–H groups in total. The molecule has 1 saturated carbocycles. The fourth-order valence-corrected chi connectivity index (χ4v) is 10.0. The Balaban J connectivity index is 0.686. The summed E-state index contributed by atoms with van der Waals surface area (Å²) in [6.45, 7) is 7.90. The van der Waals surface area contributed by atoms with Crippen LogP contribution in [0.1, 0.15) is 168 Å². The lowest BCUT2D eigenvalue weighted by Gasteiger charge is -2.28. The molecular formula is C68H88N4O8. The molecule has 80 heavy (non-hydrogen) atoms. The van der Waals surface area contributed by atoms with Crippen molar-refractivity contribution in [3.05, 3.63) is 122 Å². The minimum absolute atomic E-state index is 0.270. The maximum Gasteiger partial charge on any atom is 0.309 e. The van der Waals surface area contributed by atoms with E-state index in [0.29, 0.717) is 50.9 Å². The molecule has 4 aromatic carbocycles. The van der Waals surface area contributed by atoms with E-state index in [0.717, 1.165) is 147 Å². The van der Waals surface area contributed by atoms with E-state index in [9.17, 15) is 9.59 Å². The fourth-order valence-electron chi connectivity index (χ4n) is 10.0. The van der Waals surface area contributed by atoms with Gasteiger partial charge in [0.1, 0.15) is 23.0 Å². The Morgan fingerprint density at radius 3 is 0.900 bits per heavy atom.